The Balaban J connectivity index is 1.91. The third-order valence-electron chi connectivity index (χ3n) is 4.33. The molecule has 0 saturated heterocycles. The van der Waals surface area contributed by atoms with Crippen molar-refractivity contribution in [3.05, 3.63) is 12.2 Å². The van der Waals surface area contributed by atoms with Crippen LogP contribution in [-0.4, -0.2) is 25.0 Å². The molecule has 3 unspecified atom stereocenters. The number of ketones is 1. The van der Waals surface area contributed by atoms with Crippen molar-refractivity contribution in [3.63, 3.8) is 0 Å². The van der Waals surface area contributed by atoms with Crippen LogP contribution in [0.15, 0.2) is 12.2 Å². The minimum absolute atomic E-state index is 0.140. The molecule has 4 nitrogen and oxygen atoms in total. The number of hydrogen-bond acceptors (Lipinski definition) is 3. The molecule has 1 N–H and O–H groups in total. The van der Waals surface area contributed by atoms with Crippen molar-refractivity contribution in [2.24, 2.45) is 23.2 Å². The molecule has 0 spiro atoms. The topological polar surface area (TPSA) is 55.4 Å². The Labute approximate surface area is 114 Å². The maximum Gasteiger partial charge on any atom is 0.407 e. The third-order valence-corrected chi connectivity index (χ3v) is 4.33. The molecular formula is C15H23NO3. The fourth-order valence-electron chi connectivity index (χ4n) is 3.16. The van der Waals surface area contributed by atoms with Crippen molar-refractivity contribution in [1.82, 2.24) is 5.32 Å². The van der Waals surface area contributed by atoms with E-state index in [1.807, 2.05) is 13.8 Å². The number of hydrogen-bond donors (Lipinski definition) is 1. The van der Waals surface area contributed by atoms with Crippen LogP contribution in [0.25, 0.3) is 0 Å². The van der Waals surface area contributed by atoms with Gasteiger partial charge >= 0.3 is 6.09 Å². The van der Waals surface area contributed by atoms with Gasteiger partial charge in [-0.15, -0.1) is 0 Å². The fourth-order valence-corrected chi connectivity index (χ4v) is 3.16. The number of carbonyl (C=O) groups excluding carboxylic acids is 2. The zero-order valence-corrected chi connectivity index (χ0v) is 11.9. The predicted octanol–water partition coefficient (Wildman–Crippen LogP) is 2.54. The van der Waals surface area contributed by atoms with Crippen molar-refractivity contribution in [3.8, 4) is 0 Å². The van der Waals surface area contributed by atoms with E-state index in [2.05, 4.69) is 17.5 Å². The Bertz CT molecular complexity index is 402. The first-order chi connectivity index (χ1) is 8.94. The molecule has 0 aromatic rings. The van der Waals surface area contributed by atoms with Gasteiger partial charge in [0, 0.05) is 6.54 Å². The number of amides is 1. The summed E-state index contributed by atoms with van der Waals surface area (Å²) in [7, 11) is 0. The van der Waals surface area contributed by atoms with Crippen molar-refractivity contribution >= 4 is 11.9 Å². The average molecular weight is 265 g/mol. The van der Waals surface area contributed by atoms with Crippen molar-refractivity contribution in [1.29, 1.82) is 0 Å². The van der Waals surface area contributed by atoms with Crippen LogP contribution in [0.4, 0.5) is 4.79 Å². The Kier molecular flexibility index (Phi) is 3.97. The second-order valence-electron chi connectivity index (χ2n) is 6.25. The van der Waals surface area contributed by atoms with Gasteiger partial charge in [0.1, 0.15) is 12.4 Å². The van der Waals surface area contributed by atoms with Gasteiger partial charge in [0.2, 0.25) is 0 Å². The highest BCUT2D eigenvalue weighted by molar-refractivity contribution is 5.84. The monoisotopic (exact) mass is 265 g/mol. The highest BCUT2D eigenvalue weighted by Crippen LogP contribution is 2.52. The van der Waals surface area contributed by atoms with Gasteiger partial charge in [-0.1, -0.05) is 26.0 Å². The fraction of sp³-hybridized carbons (Fsp3) is 0.733. The van der Waals surface area contributed by atoms with Gasteiger partial charge in [-0.25, -0.2) is 4.79 Å². The lowest BCUT2D eigenvalue weighted by molar-refractivity contribution is -0.130. The molecule has 0 heterocycles. The summed E-state index contributed by atoms with van der Waals surface area (Å²) < 4.78 is 5.29. The van der Waals surface area contributed by atoms with Crippen LogP contribution in [0, 0.1) is 23.2 Å². The first-order valence-electron chi connectivity index (χ1n) is 7.04. The van der Waals surface area contributed by atoms with Gasteiger partial charge in [-0.2, -0.15) is 0 Å². The molecule has 2 aliphatic rings. The normalized spacial score (nSPS) is 31.8. The molecule has 0 aliphatic heterocycles. The van der Waals surface area contributed by atoms with E-state index in [9.17, 15) is 9.59 Å². The standard InChI is InChI=1S/C15H23NO3/c1-10(2)8-16-14(18)19-9-15(11(3)17)7-12-4-5-13(15)6-12/h4-5,10,12-13H,6-9H2,1-3H3,(H,16,18). The summed E-state index contributed by atoms with van der Waals surface area (Å²) >= 11 is 0. The van der Waals surface area contributed by atoms with Crippen LogP contribution in [0.1, 0.15) is 33.6 Å². The Morgan fingerprint density at radius 1 is 1.42 bits per heavy atom. The number of rotatable bonds is 5. The van der Waals surface area contributed by atoms with E-state index in [1.54, 1.807) is 6.92 Å². The Morgan fingerprint density at radius 3 is 2.63 bits per heavy atom. The van der Waals surface area contributed by atoms with Crippen LogP contribution >= 0.6 is 0 Å². The molecule has 2 bridgehead atoms. The number of Topliss-reactive ketones (excluding diaryl/α,β-unsaturated/α-hetero) is 1. The quantitative estimate of drug-likeness (QED) is 0.777. The zero-order chi connectivity index (χ0) is 14.0. The molecule has 2 rings (SSSR count). The zero-order valence-electron chi connectivity index (χ0n) is 11.9. The summed E-state index contributed by atoms with van der Waals surface area (Å²) in [5, 5.41) is 2.72. The van der Waals surface area contributed by atoms with Crippen LogP contribution < -0.4 is 5.32 Å². The van der Waals surface area contributed by atoms with Gasteiger partial charge in [-0.3, -0.25) is 4.79 Å². The number of allylic oxidation sites excluding steroid dienone is 2. The van der Waals surface area contributed by atoms with Gasteiger partial charge < -0.3 is 10.1 Å². The van der Waals surface area contributed by atoms with E-state index in [-0.39, 0.29) is 18.3 Å². The molecule has 0 aromatic carbocycles. The molecule has 3 atom stereocenters. The third kappa shape index (κ3) is 2.82. The summed E-state index contributed by atoms with van der Waals surface area (Å²) in [5.74, 6) is 1.25. The highest BCUT2D eigenvalue weighted by atomic mass is 16.5. The van der Waals surface area contributed by atoms with Crippen LogP contribution in [0.2, 0.25) is 0 Å². The maximum atomic E-state index is 12.0. The number of alkyl carbamates (subject to hydrolysis) is 1. The van der Waals surface area contributed by atoms with Crippen molar-refractivity contribution in [2.75, 3.05) is 13.2 Å². The lowest BCUT2D eigenvalue weighted by atomic mass is 9.73. The van der Waals surface area contributed by atoms with Crippen molar-refractivity contribution in [2.45, 2.75) is 33.6 Å². The number of fused-ring (bicyclic) bond motifs is 2. The lowest BCUT2D eigenvalue weighted by Gasteiger charge is -2.32. The van der Waals surface area contributed by atoms with Crippen molar-refractivity contribution < 1.29 is 14.3 Å². The van der Waals surface area contributed by atoms with Gasteiger partial charge in [0.15, 0.2) is 0 Å². The maximum absolute atomic E-state index is 12.0. The van der Waals surface area contributed by atoms with Gasteiger partial charge in [-0.05, 0) is 37.5 Å². The molecule has 19 heavy (non-hydrogen) atoms. The second-order valence-corrected chi connectivity index (χ2v) is 6.25. The molecule has 0 aromatic heterocycles. The predicted molar refractivity (Wildman–Crippen MR) is 72.7 cm³/mol. The summed E-state index contributed by atoms with van der Waals surface area (Å²) in [6.07, 6.45) is 5.73. The minimum atomic E-state index is -0.478. The first-order valence-corrected chi connectivity index (χ1v) is 7.04. The van der Waals surface area contributed by atoms with E-state index in [4.69, 9.17) is 4.74 Å². The van der Waals surface area contributed by atoms with Crippen LogP contribution in [-0.2, 0) is 9.53 Å². The lowest BCUT2D eigenvalue weighted by Crippen LogP contribution is -2.40. The molecule has 1 amide bonds. The smallest absolute Gasteiger partial charge is 0.407 e. The van der Waals surface area contributed by atoms with E-state index in [0.717, 1.165) is 12.8 Å². The Hall–Kier alpha value is -1.32. The SMILES string of the molecule is CC(=O)C1(COC(=O)NCC(C)C)CC2C=CC1C2. The molecule has 0 radical (unpaired) electrons. The van der Waals surface area contributed by atoms with Crippen LogP contribution in [0.3, 0.4) is 0 Å². The molecule has 106 valence electrons. The number of nitrogens with one attached hydrogen (secondary N) is 1. The molecule has 1 fully saturated rings. The van der Waals surface area contributed by atoms with E-state index in [1.165, 1.54) is 0 Å². The summed E-state index contributed by atoms with van der Waals surface area (Å²) in [6, 6.07) is 0. The van der Waals surface area contributed by atoms with E-state index in [0.29, 0.717) is 18.4 Å². The summed E-state index contributed by atoms with van der Waals surface area (Å²) in [6.45, 7) is 6.47. The van der Waals surface area contributed by atoms with E-state index >= 15 is 0 Å². The minimum Gasteiger partial charge on any atom is -0.448 e. The van der Waals surface area contributed by atoms with E-state index < -0.39 is 11.5 Å². The molecule has 4 heteroatoms. The second kappa shape index (κ2) is 5.35. The van der Waals surface area contributed by atoms with Gasteiger partial charge in [0.05, 0.1) is 5.41 Å². The largest absolute Gasteiger partial charge is 0.448 e. The van der Waals surface area contributed by atoms with Gasteiger partial charge in [0.25, 0.3) is 0 Å². The molecule has 1 saturated carbocycles. The first kappa shape index (κ1) is 14.1. The molecule has 2 aliphatic carbocycles. The number of carbonyl (C=O) groups is 2. The molecular weight excluding hydrogens is 242 g/mol. The highest BCUT2D eigenvalue weighted by Gasteiger charge is 2.52. The summed E-state index contributed by atoms with van der Waals surface area (Å²) in [4.78, 5) is 23.6. The number of ether oxygens (including phenoxy) is 1. The summed E-state index contributed by atoms with van der Waals surface area (Å²) in [5.41, 5.74) is -0.478. The Morgan fingerprint density at radius 2 is 2.16 bits per heavy atom. The average Bonchev–Trinajstić information content (AvgIpc) is 2.94. The van der Waals surface area contributed by atoms with Crippen LogP contribution in [0.5, 0.6) is 0 Å².